The van der Waals surface area contributed by atoms with Gasteiger partial charge in [0.2, 0.25) is 0 Å². The van der Waals surface area contributed by atoms with Crippen LogP contribution in [-0.2, 0) is 11.4 Å². The van der Waals surface area contributed by atoms with Gasteiger partial charge in [0.25, 0.3) is 5.91 Å². The Hall–Kier alpha value is -4.39. The summed E-state index contributed by atoms with van der Waals surface area (Å²) in [4.78, 5) is 23.9. The summed E-state index contributed by atoms with van der Waals surface area (Å²) in [6.07, 6.45) is 1.77. The largest absolute Gasteiger partial charge is 0.489 e. The first-order valence-electron chi connectivity index (χ1n) is 10.9. The molecule has 1 heterocycles. The normalized spacial score (nSPS) is 13.9. The summed E-state index contributed by atoms with van der Waals surface area (Å²) in [6.45, 7) is 6.19. The van der Waals surface area contributed by atoms with Gasteiger partial charge in [-0.3, -0.25) is 4.79 Å². The Bertz CT molecular complexity index is 1210. The monoisotopic (exact) mass is 457 g/mol. The molecule has 0 saturated carbocycles. The van der Waals surface area contributed by atoms with Gasteiger partial charge < -0.3 is 15.6 Å². The Morgan fingerprint density at radius 2 is 1.62 bits per heavy atom. The van der Waals surface area contributed by atoms with Gasteiger partial charge in [-0.25, -0.2) is 4.79 Å². The van der Waals surface area contributed by atoms with E-state index < -0.39 is 5.97 Å². The van der Waals surface area contributed by atoms with Crippen LogP contribution in [0.1, 0.15) is 42.3 Å². The minimum atomic E-state index is -1.02. The van der Waals surface area contributed by atoms with E-state index in [0.717, 1.165) is 11.1 Å². The molecule has 0 saturated heterocycles. The van der Waals surface area contributed by atoms with Crippen molar-refractivity contribution in [1.29, 1.82) is 0 Å². The maximum Gasteiger partial charge on any atom is 0.335 e. The van der Waals surface area contributed by atoms with Crippen LogP contribution in [-0.4, -0.2) is 22.7 Å². The maximum absolute atomic E-state index is 12.9. The van der Waals surface area contributed by atoms with Crippen LogP contribution in [0.2, 0.25) is 0 Å². The molecule has 0 bridgehead atoms. The molecule has 0 fully saturated rings. The zero-order valence-electron chi connectivity index (χ0n) is 19.4. The number of carbonyl (C=O) groups excluding carboxylic acids is 1. The number of amides is 1. The molecule has 0 atom stereocenters. The van der Waals surface area contributed by atoms with Crippen molar-refractivity contribution in [2.75, 3.05) is 10.7 Å². The van der Waals surface area contributed by atoms with Crippen molar-refractivity contribution in [1.82, 2.24) is 0 Å². The standard InChI is InChI=1S/C25H21N3O4.C2H6/c1-16-23(24(29)28(27-16)21-10-6-19(7-11-21)25(30)31)14-17-4-12-22(13-5-17)32-15-18-2-8-20(26)9-3-18;1-2/h2-14H,15,26H2,1H3,(H,30,31);1-2H3/b23-14-;. The number of benzene rings is 3. The molecule has 4 rings (SSSR count). The summed E-state index contributed by atoms with van der Waals surface area (Å²) >= 11 is 0. The SMILES string of the molecule is CC.CC1=NN(c2ccc(C(=O)O)cc2)C(=O)/C1=C\c1ccc(OCc2ccc(N)cc2)cc1. The summed E-state index contributed by atoms with van der Waals surface area (Å²) in [7, 11) is 0. The summed E-state index contributed by atoms with van der Waals surface area (Å²) in [6, 6.07) is 21.0. The lowest BCUT2D eigenvalue weighted by Gasteiger charge is -2.11. The number of aromatic carboxylic acids is 1. The van der Waals surface area contributed by atoms with E-state index in [-0.39, 0.29) is 11.5 Å². The molecule has 1 aliphatic heterocycles. The van der Waals surface area contributed by atoms with E-state index in [1.807, 2.05) is 62.4 Å². The van der Waals surface area contributed by atoms with Gasteiger partial charge in [-0.15, -0.1) is 0 Å². The molecule has 34 heavy (non-hydrogen) atoms. The van der Waals surface area contributed by atoms with E-state index in [1.54, 1.807) is 25.1 Å². The number of hydrogen-bond donors (Lipinski definition) is 2. The predicted octanol–water partition coefficient (Wildman–Crippen LogP) is 5.38. The molecule has 3 aromatic carbocycles. The van der Waals surface area contributed by atoms with E-state index in [4.69, 9.17) is 15.6 Å². The number of nitrogens with zero attached hydrogens (tertiary/aromatic N) is 2. The van der Waals surface area contributed by atoms with Crippen molar-refractivity contribution >= 4 is 35.0 Å². The molecular formula is C27H27N3O4. The lowest BCUT2D eigenvalue weighted by molar-refractivity contribution is -0.114. The number of anilines is 2. The van der Waals surface area contributed by atoms with Crippen LogP contribution in [0.5, 0.6) is 5.75 Å². The zero-order valence-corrected chi connectivity index (χ0v) is 19.4. The van der Waals surface area contributed by atoms with Crippen molar-refractivity contribution in [3.05, 3.63) is 95.1 Å². The quantitative estimate of drug-likeness (QED) is 0.382. The summed E-state index contributed by atoms with van der Waals surface area (Å²) < 4.78 is 5.80. The van der Waals surface area contributed by atoms with Gasteiger partial charge in [0.1, 0.15) is 12.4 Å². The van der Waals surface area contributed by atoms with Crippen molar-refractivity contribution < 1.29 is 19.4 Å². The molecule has 0 radical (unpaired) electrons. The van der Waals surface area contributed by atoms with Gasteiger partial charge >= 0.3 is 5.97 Å². The van der Waals surface area contributed by atoms with Crippen molar-refractivity contribution in [2.24, 2.45) is 5.10 Å². The van der Waals surface area contributed by atoms with Crippen LogP contribution in [0, 0.1) is 0 Å². The predicted molar refractivity (Wildman–Crippen MR) is 135 cm³/mol. The zero-order chi connectivity index (χ0) is 24.7. The highest BCUT2D eigenvalue weighted by Crippen LogP contribution is 2.26. The fourth-order valence-electron chi connectivity index (χ4n) is 3.21. The first-order valence-corrected chi connectivity index (χ1v) is 10.9. The molecular weight excluding hydrogens is 430 g/mol. The Balaban J connectivity index is 0.00000158. The third-order valence-corrected chi connectivity index (χ3v) is 5.00. The lowest BCUT2D eigenvalue weighted by Crippen LogP contribution is -2.21. The molecule has 7 nitrogen and oxygen atoms in total. The van der Waals surface area contributed by atoms with Gasteiger partial charge in [-0.05, 0) is 72.7 Å². The third-order valence-electron chi connectivity index (χ3n) is 5.00. The molecule has 0 spiro atoms. The molecule has 7 heteroatoms. The van der Waals surface area contributed by atoms with Crippen LogP contribution in [0.3, 0.4) is 0 Å². The molecule has 3 N–H and O–H groups in total. The highest BCUT2D eigenvalue weighted by atomic mass is 16.5. The number of carboxylic acids is 1. The minimum Gasteiger partial charge on any atom is -0.489 e. The Kier molecular flexibility index (Phi) is 7.82. The first kappa shape index (κ1) is 24.3. The van der Waals surface area contributed by atoms with Gasteiger partial charge in [-0.2, -0.15) is 10.1 Å². The Morgan fingerprint density at radius 1 is 1.00 bits per heavy atom. The number of rotatable bonds is 6. The second-order valence-corrected chi connectivity index (χ2v) is 7.31. The van der Waals surface area contributed by atoms with E-state index >= 15 is 0 Å². The average molecular weight is 458 g/mol. The maximum atomic E-state index is 12.9. The average Bonchev–Trinajstić information content (AvgIpc) is 3.14. The van der Waals surface area contributed by atoms with E-state index in [0.29, 0.717) is 35.0 Å². The molecule has 1 amide bonds. The van der Waals surface area contributed by atoms with Crippen molar-refractivity contribution in [3.63, 3.8) is 0 Å². The van der Waals surface area contributed by atoms with Gasteiger partial charge in [0.05, 0.1) is 22.5 Å². The Labute approximate surface area is 198 Å². The number of nitrogens with two attached hydrogens (primary N) is 1. The van der Waals surface area contributed by atoms with Crippen LogP contribution < -0.4 is 15.5 Å². The number of ether oxygens (including phenoxy) is 1. The smallest absolute Gasteiger partial charge is 0.335 e. The molecule has 3 aromatic rings. The topological polar surface area (TPSA) is 105 Å². The number of hydrogen-bond acceptors (Lipinski definition) is 5. The molecule has 1 aliphatic rings. The summed E-state index contributed by atoms with van der Waals surface area (Å²) in [5, 5.41) is 14.6. The fourth-order valence-corrected chi connectivity index (χ4v) is 3.21. The van der Waals surface area contributed by atoms with Gasteiger partial charge in [-0.1, -0.05) is 38.1 Å². The second kappa shape index (κ2) is 11.0. The third kappa shape index (κ3) is 5.69. The summed E-state index contributed by atoms with van der Waals surface area (Å²) in [5.41, 5.74) is 9.98. The first-order chi connectivity index (χ1) is 16.4. The number of hydrazone groups is 1. The van der Waals surface area contributed by atoms with Crippen LogP contribution in [0.4, 0.5) is 11.4 Å². The second-order valence-electron chi connectivity index (χ2n) is 7.31. The molecule has 0 aliphatic carbocycles. The summed E-state index contributed by atoms with van der Waals surface area (Å²) in [5.74, 6) is -0.577. The van der Waals surface area contributed by atoms with E-state index in [2.05, 4.69) is 5.10 Å². The van der Waals surface area contributed by atoms with Gasteiger partial charge in [0, 0.05) is 5.69 Å². The molecule has 0 aromatic heterocycles. The number of carboxylic acid groups (broad SMARTS) is 1. The Morgan fingerprint density at radius 3 is 2.21 bits per heavy atom. The molecule has 174 valence electrons. The van der Waals surface area contributed by atoms with E-state index in [1.165, 1.54) is 17.1 Å². The minimum absolute atomic E-state index is 0.149. The highest BCUT2D eigenvalue weighted by Gasteiger charge is 2.28. The number of nitrogen functional groups attached to an aromatic ring is 1. The van der Waals surface area contributed by atoms with Crippen LogP contribution in [0.25, 0.3) is 6.08 Å². The highest BCUT2D eigenvalue weighted by molar-refractivity contribution is 6.32. The number of carbonyl (C=O) groups is 2. The van der Waals surface area contributed by atoms with E-state index in [9.17, 15) is 9.59 Å². The molecule has 0 unspecified atom stereocenters. The van der Waals surface area contributed by atoms with Crippen LogP contribution >= 0.6 is 0 Å². The van der Waals surface area contributed by atoms with Crippen LogP contribution in [0.15, 0.2) is 83.5 Å². The van der Waals surface area contributed by atoms with Crippen molar-refractivity contribution in [3.8, 4) is 5.75 Å². The lowest BCUT2D eigenvalue weighted by atomic mass is 10.1. The van der Waals surface area contributed by atoms with Gasteiger partial charge in [0.15, 0.2) is 0 Å². The fraction of sp³-hybridized carbons (Fsp3) is 0.148. The van der Waals surface area contributed by atoms with Crippen molar-refractivity contribution in [2.45, 2.75) is 27.4 Å².